The molecule has 2 aromatic rings. The molecule has 3 rings (SSSR count). The van der Waals surface area contributed by atoms with Crippen molar-refractivity contribution in [2.45, 2.75) is 25.7 Å². The average Bonchev–Trinajstić information content (AvgIpc) is 3.11. The molecule has 0 radical (unpaired) electrons. The number of hydroxylamine groups is 2. The Morgan fingerprint density at radius 1 is 1.38 bits per heavy atom. The first-order valence-corrected chi connectivity index (χ1v) is 10.2. The number of hydrogen-bond acceptors (Lipinski definition) is 6. The van der Waals surface area contributed by atoms with Crippen LogP contribution in [0.5, 0.6) is 5.75 Å². The zero-order chi connectivity index (χ0) is 18.4. The Labute approximate surface area is 164 Å². The fourth-order valence-corrected chi connectivity index (χ4v) is 3.91. The summed E-state index contributed by atoms with van der Waals surface area (Å²) in [7, 11) is 0. The van der Waals surface area contributed by atoms with Gasteiger partial charge in [0, 0.05) is 24.2 Å². The SMILES string of the molecule is O=C(Cc1cncs1)ON1CCC(CCOc2ccc(F)cc2Br)CC1. The summed E-state index contributed by atoms with van der Waals surface area (Å²) in [6.07, 6.45) is 4.80. The molecule has 2 heterocycles. The van der Waals surface area contributed by atoms with Crippen LogP contribution in [0.3, 0.4) is 0 Å². The van der Waals surface area contributed by atoms with Crippen LogP contribution >= 0.6 is 27.3 Å². The fraction of sp³-hybridized carbons (Fsp3) is 0.444. The molecule has 1 aliphatic heterocycles. The Morgan fingerprint density at radius 2 is 2.19 bits per heavy atom. The average molecular weight is 443 g/mol. The van der Waals surface area contributed by atoms with Gasteiger partial charge in [0.2, 0.25) is 0 Å². The minimum atomic E-state index is -0.290. The van der Waals surface area contributed by atoms with Crippen molar-refractivity contribution in [1.29, 1.82) is 0 Å². The van der Waals surface area contributed by atoms with Crippen LogP contribution in [0.25, 0.3) is 0 Å². The predicted molar refractivity (Wildman–Crippen MR) is 100 cm³/mol. The van der Waals surface area contributed by atoms with Crippen LogP contribution in [0.15, 0.2) is 34.4 Å². The lowest BCUT2D eigenvalue weighted by atomic mass is 9.95. The normalized spacial score (nSPS) is 15.8. The molecule has 1 saturated heterocycles. The predicted octanol–water partition coefficient (Wildman–Crippen LogP) is 4.23. The third kappa shape index (κ3) is 5.75. The van der Waals surface area contributed by atoms with Crippen LogP contribution in [0.1, 0.15) is 24.1 Å². The number of halogens is 2. The smallest absolute Gasteiger partial charge is 0.330 e. The first-order chi connectivity index (χ1) is 12.6. The van der Waals surface area contributed by atoms with Crippen LogP contribution in [0.4, 0.5) is 4.39 Å². The lowest BCUT2D eigenvalue weighted by Gasteiger charge is -2.30. The number of aromatic nitrogens is 1. The Kier molecular flexibility index (Phi) is 6.99. The molecule has 8 heteroatoms. The first kappa shape index (κ1) is 19.3. The number of carbonyl (C=O) groups is 1. The van der Waals surface area contributed by atoms with Gasteiger partial charge in [-0.1, -0.05) is 0 Å². The van der Waals surface area contributed by atoms with Crippen LogP contribution in [-0.4, -0.2) is 35.7 Å². The zero-order valence-corrected chi connectivity index (χ0v) is 16.6. The van der Waals surface area contributed by atoms with Gasteiger partial charge in [0.1, 0.15) is 11.6 Å². The minimum Gasteiger partial charge on any atom is -0.492 e. The number of nitrogens with zero attached hydrogens (tertiary/aromatic N) is 2. The number of thiazole rings is 1. The summed E-state index contributed by atoms with van der Waals surface area (Å²) in [4.78, 5) is 22.2. The maximum atomic E-state index is 13.1. The van der Waals surface area contributed by atoms with Crippen molar-refractivity contribution < 1.29 is 18.8 Å². The Balaban J connectivity index is 1.34. The summed E-state index contributed by atoms with van der Waals surface area (Å²) in [5.41, 5.74) is 1.71. The van der Waals surface area contributed by atoms with E-state index in [-0.39, 0.29) is 18.2 Å². The van der Waals surface area contributed by atoms with E-state index in [2.05, 4.69) is 20.9 Å². The summed E-state index contributed by atoms with van der Waals surface area (Å²) < 4.78 is 19.4. The molecular formula is C18H20BrFN2O3S. The standard InChI is InChI=1S/C18H20BrFN2O3S/c19-16-9-14(20)1-2-17(16)24-8-5-13-3-6-22(7-4-13)25-18(23)10-15-11-21-12-26-15/h1-2,9,11-13H,3-8,10H2. The summed E-state index contributed by atoms with van der Waals surface area (Å²) in [6.45, 7) is 2.05. The maximum absolute atomic E-state index is 13.1. The van der Waals surface area contributed by atoms with E-state index in [0.29, 0.717) is 22.7 Å². The van der Waals surface area contributed by atoms with Gasteiger partial charge in [-0.2, -0.15) is 0 Å². The van der Waals surface area contributed by atoms with E-state index in [0.717, 1.165) is 37.2 Å². The van der Waals surface area contributed by atoms with Gasteiger partial charge in [-0.05, 0) is 59.3 Å². The van der Waals surface area contributed by atoms with Crippen molar-refractivity contribution in [1.82, 2.24) is 10.0 Å². The highest BCUT2D eigenvalue weighted by molar-refractivity contribution is 9.10. The lowest BCUT2D eigenvalue weighted by Crippen LogP contribution is -2.36. The van der Waals surface area contributed by atoms with Crippen LogP contribution in [0.2, 0.25) is 0 Å². The molecular weight excluding hydrogens is 423 g/mol. The summed E-state index contributed by atoms with van der Waals surface area (Å²) >= 11 is 4.76. The van der Waals surface area contributed by atoms with Crippen molar-refractivity contribution >= 4 is 33.2 Å². The number of hydrogen-bond donors (Lipinski definition) is 0. The zero-order valence-electron chi connectivity index (χ0n) is 14.2. The lowest BCUT2D eigenvalue weighted by molar-refractivity contribution is -0.195. The van der Waals surface area contributed by atoms with Crippen molar-refractivity contribution in [3.8, 4) is 5.75 Å². The Hall–Kier alpha value is -1.51. The summed E-state index contributed by atoms with van der Waals surface area (Å²) in [5, 5.41) is 1.75. The molecule has 1 aliphatic rings. The second kappa shape index (κ2) is 9.43. The first-order valence-electron chi connectivity index (χ1n) is 8.51. The van der Waals surface area contributed by atoms with E-state index in [1.54, 1.807) is 22.8 Å². The topological polar surface area (TPSA) is 51.7 Å². The largest absolute Gasteiger partial charge is 0.492 e. The van der Waals surface area contributed by atoms with Gasteiger partial charge >= 0.3 is 5.97 Å². The van der Waals surface area contributed by atoms with Crippen molar-refractivity contribution in [2.24, 2.45) is 5.92 Å². The summed E-state index contributed by atoms with van der Waals surface area (Å²) in [5.74, 6) is 0.658. The molecule has 1 fully saturated rings. The third-order valence-electron chi connectivity index (χ3n) is 4.28. The summed E-state index contributed by atoms with van der Waals surface area (Å²) in [6, 6.07) is 4.41. The van der Waals surface area contributed by atoms with E-state index in [9.17, 15) is 9.18 Å². The van der Waals surface area contributed by atoms with E-state index in [4.69, 9.17) is 9.57 Å². The molecule has 0 atom stereocenters. The molecule has 1 aromatic heterocycles. The van der Waals surface area contributed by atoms with Gasteiger partial charge in [-0.3, -0.25) is 4.98 Å². The molecule has 5 nitrogen and oxygen atoms in total. The highest BCUT2D eigenvalue weighted by atomic mass is 79.9. The fourth-order valence-electron chi connectivity index (χ4n) is 2.87. The van der Waals surface area contributed by atoms with Gasteiger partial charge in [0.15, 0.2) is 0 Å². The van der Waals surface area contributed by atoms with Crippen LogP contribution in [0, 0.1) is 11.7 Å². The van der Waals surface area contributed by atoms with Crippen molar-refractivity contribution in [3.63, 3.8) is 0 Å². The van der Waals surface area contributed by atoms with E-state index in [1.165, 1.54) is 23.5 Å². The quantitative estimate of drug-likeness (QED) is 0.641. The van der Waals surface area contributed by atoms with Gasteiger partial charge in [0.05, 0.1) is 23.0 Å². The number of rotatable bonds is 7. The van der Waals surface area contributed by atoms with Crippen LogP contribution in [-0.2, 0) is 16.1 Å². The second-order valence-electron chi connectivity index (χ2n) is 6.19. The second-order valence-corrected chi connectivity index (χ2v) is 8.02. The van der Waals surface area contributed by atoms with E-state index < -0.39 is 0 Å². The van der Waals surface area contributed by atoms with E-state index >= 15 is 0 Å². The minimum absolute atomic E-state index is 0.239. The van der Waals surface area contributed by atoms with Crippen molar-refractivity contribution in [2.75, 3.05) is 19.7 Å². The number of piperidine rings is 1. The van der Waals surface area contributed by atoms with Gasteiger partial charge < -0.3 is 9.57 Å². The number of benzene rings is 1. The van der Waals surface area contributed by atoms with E-state index in [1.807, 2.05) is 0 Å². The van der Waals surface area contributed by atoms with Gasteiger partial charge in [-0.15, -0.1) is 16.4 Å². The molecule has 140 valence electrons. The Morgan fingerprint density at radius 3 is 2.88 bits per heavy atom. The number of carbonyl (C=O) groups excluding carboxylic acids is 1. The molecule has 0 unspecified atom stereocenters. The van der Waals surface area contributed by atoms with Gasteiger partial charge in [0.25, 0.3) is 0 Å². The maximum Gasteiger partial charge on any atom is 0.330 e. The highest BCUT2D eigenvalue weighted by Gasteiger charge is 2.22. The monoisotopic (exact) mass is 442 g/mol. The molecule has 0 spiro atoms. The van der Waals surface area contributed by atoms with Crippen molar-refractivity contribution in [3.05, 3.63) is 45.1 Å². The molecule has 0 N–H and O–H groups in total. The third-order valence-corrected chi connectivity index (χ3v) is 5.68. The molecule has 0 bridgehead atoms. The molecule has 26 heavy (non-hydrogen) atoms. The Bertz CT molecular complexity index is 721. The van der Waals surface area contributed by atoms with Gasteiger partial charge in [-0.25, -0.2) is 9.18 Å². The van der Waals surface area contributed by atoms with Crippen LogP contribution < -0.4 is 4.74 Å². The molecule has 0 aliphatic carbocycles. The number of ether oxygens (including phenoxy) is 1. The molecule has 0 amide bonds. The highest BCUT2D eigenvalue weighted by Crippen LogP contribution is 2.27. The molecule has 1 aromatic carbocycles. The molecule has 0 saturated carbocycles.